The Kier molecular flexibility index (Phi) is 6.17. The summed E-state index contributed by atoms with van der Waals surface area (Å²) in [7, 11) is 1.32. The van der Waals surface area contributed by atoms with Gasteiger partial charge in [0.05, 0.1) is 19.0 Å². The van der Waals surface area contributed by atoms with Crippen molar-refractivity contribution in [3.8, 4) is 0 Å². The fourth-order valence-corrected chi connectivity index (χ4v) is 4.42. The number of H-pyrrole nitrogens is 1. The first-order chi connectivity index (χ1) is 13.3. The number of fused-ring (bicyclic) bond motifs is 1. The third-order valence-electron chi connectivity index (χ3n) is 4.61. The number of nitrogens with zero attached hydrogens (tertiary/aromatic N) is 1. The Bertz CT molecular complexity index is 1060. The lowest BCUT2D eigenvalue weighted by atomic mass is 9.96. The molecule has 0 bridgehead atoms. The van der Waals surface area contributed by atoms with Gasteiger partial charge in [-0.15, -0.1) is 11.3 Å². The molecule has 3 aromatic rings. The SMILES string of the molecule is COC(=O)c1sc2nc(CNC(c3ccc(Cl)cc3)C(C)C)[nH]c(=O)c2c1C. The second-order valence-electron chi connectivity index (χ2n) is 6.89. The number of aromatic nitrogens is 2. The van der Waals surface area contributed by atoms with Gasteiger partial charge < -0.3 is 15.0 Å². The second-order valence-corrected chi connectivity index (χ2v) is 8.33. The smallest absolute Gasteiger partial charge is 0.348 e. The van der Waals surface area contributed by atoms with E-state index in [1.807, 2.05) is 24.3 Å². The largest absolute Gasteiger partial charge is 0.465 e. The van der Waals surface area contributed by atoms with E-state index in [0.717, 1.165) is 5.56 Å². The minimum atomic E-state index is -0.456. The van der Waals surface area contributed by atoms with Gasteiger partial charge in [0.1, 0.15) is 15.5 Å². The van der Waals surface area contributed by atoms with E-state index in [2.05, 4.69) is 29.1 Å². The van der Waals surface area contributed by atoms with Crippen LogP contribution in [0, 0.1) is 12.8 Å². The summed E-state index contributed by atoms with van der Waals surface area (Å²) in [6.45, 7) is 6.37. The molecule has 2 heterocycles. The molecule has 6 nitrogen and oxygen atoms in total. The van der Waals surface area contributed by atoms with E-state index >= 15 is 0 Å². The molecule has 3 rings (SSSR count). The molecule has 0 aliphatic heterocycles. The fourth-order valence-electron chi connectivity index (χ4n) is 3.17. The Morgan fingerprint density at radius 2 is 2.00 bits per heavy atom. The van der Waals surface area contributed by atoms with Crippen LogP contribution in [0.4, 0.5) is 0 Å². The second kappa shape index (κ2) is 8.43. The summed E-state index contributed by atoms with van der Waals surface area (Å²) in [5.74, 6) is 0.392. The first-order valence-corrected chi connectivity index (χ1v) is 10.1. The average molecular weight is 420 g/mol. The van der Waals surface area contributed by atoms with Crippen LogP contribution in [-0.4, -0.2) is 23.0 Å². The molecular formula is C20H22ClN3O3S. The van der Waals surface area contributed by atoms with Crippen molar-refractivity contribution in [1.29, 1.82) is 0 Å². The van der Waals surface area contributed by atoms with Crippen LogP contribution in [-0.2, 0) is 11.3 Å². The van der Waals surface area contributed by atoms with Gasteiger partial charge in [-0.2, -0.15) is 0 Å². The van der Waals surface area contributed by atoms with E-state index < -0.39 is 5.97 Å². The van der Waals surface area contributed by atoms with Gasteiger partial charge in [-0.05, 0) is 36.1 Å². The topological polar surface area (TPSA) is 84.1 Å². The molecule has 1 atom stereocenters. The lowest BCUT2D eigenvalue weighted by molar-refractivity contribution is 0.0605. The summed E-state index contributed by atoms with van der Waals surface area (Å²) in [5.41, 5.74) is 1.46. The average Bonchev–Trinajstić information content (AvgIpc) is 2.99. The molecule has 148 valence electrons. The monoisotopic (exact) mass is 419 g/mol. The molecule has 0 spiro atoms. The number of benzene rings is 1. The maximum absolute atomic E-state index is 12.5. The highest BCUT2D eigenvalue weighted by atomic mass is 35.5. The highest BCUT2D eigenvalue weighted by Crippen LogP contribution is 2.28. The minimum Gasteiger partial charge on any atom is -0.465 e. The third-order valence-corrected chi connectivity index (χ3v) is 6.02. The molecule has 2 aromatic heterocycles. The molecule has 1 aromatic carbocycles. The number of carbonyl (C=O) groups is 1. The predicted molar refractivity (Wildman–Crippen MR) is 112 cm³/mol. The van der Waals surface area contributed by atoms with Crippen LogP contribution in [0.5, 0.6) is 0 Å². The summed E-state index contributed by atoms with van der Waals surface area (Å²) in [6, 6.07) is 7.79. The van der Waals surface area contributed by atoms with Crippen molar-refractivity contribution in [3.05, 3.63) is 61.5 Å². The molecule has 0 saturated heterocycles. The van der Waals surface area contributed by atoms with Gasteiger partial charge in [-0.3, -0.25) is 4.79 Å². The van der Waals surface area contributed by atoms with Crippen LogP contribution in [0.3, 0.4) is 0 Å². The summed E-state index contributed by atoms with van der Waals surface area (Å²) >= 11 is 7.16. The fraction of sp³-hybridized carbons (Fsp3) is 0.350. The van der Waals surface area contributed by atoms with Crippen molar-refractivity contribution < 1.29 is 9.53 Å². The molecule has 8 heteroatoms. The van der Waals surface area contributed by atoms with E-state index in [9.17, 15) is 9.59 Å². The molecule has 0 amide bonds. The zero-order chi connectivity index (χ0) is 20.4. The normalized spacial score (nSPS) is 12.5. The maximum Gasteiger partial charge on any atom is 0.348 e. The van der Waals surface area contributed by atoms with E-state index in [0.29, 0.717) is 44.0 Å². The molecule has 0 saturated carbocycles. The van der Waals surface area contributed by atoms with Gasteiger partial charge in [-0.25, -0.2) is 9.78 Å². The summed E-state index contributed by atoms with van der Waals surface area (Å²) in [6.07, 6.45) is 0. The number of hydrogen-bond acceptors (Lipinski definition) is 6. The van der Waals surface area contributed by atoms with Gasteiger partial charge >= 0.3 is 5.97 Å². The first kappa shape index (κ1) is 20.5. The Hall–Kier alpha value is -2.22. The Balaban J connectivity index is 1.88. The van der Waals surface area contributed by atoms with Crippen LogP contribution in [0.15, 0.2) is 29.1 Å². The minimum absolute atomic E-state index is 0.0777. The van der Waals surface area contributed by atoms with Crippen molar-refractivity contribution in [3.63, 3.8) is 0 Å². The van der Waals surface area contributed by atoms with Crippen molar-refractivity contribution >= 4 is 39.1 Å². The Labute approximate surface area is 171 Å². The standard InChI is InChI=1S/C20H22ClN3O3S/c1-10(2)16(12-5-7-13(21)8-6-12)22-9-14-23-18(25)15-11(3)17(20(26)27-4)28-19(15)24-14/h5-8,10,16,22H,9H2,1-4H3,(H,23,24,25). The van der Waals surface area contributed by atoms with Crippen LogP contribution < -0.4 is 10.9 Å². The number of esters is 1. The summed E-state index contributed by atoms with van der Waals surface area (Å²) < 4.78 is 4.79. The molecule has 0 aliphatic rings. The van der Waals surface area contributed by atoms with Crippen LogP contribution in [0.2, 0.25) is 5.02 Å². The number of nitrogens with one attached hydrogen (secondary N) is 2. The molecule has 0 fully saturated rings. The van der Waals surface area contributed by atoms with E-state index in [4.69, 9.17) is 16.3 Å². The quantitative estimate of drug-likeness (QED) is 0.584. The van der Waals surface area contributed by atoms with Gasteiger partial charge in [0.25, 0.3) is 5.56 Å². The van der Waals surface area contributed by atoms with Crippen molar-refractivity contribution in [2.45, 2.75) is 33.4 Å². The number of aryl methyl sites for hydroxylation is 1. The van der Waals surface area contributed by atoms with E-state index in [1.54, 1.807) is 6.92 Å². The van der Waals surface area contributed by atoms with Crippen molar-refractivity contribution in [2.75, 3.05) is 7.11 Å². The number of methoxy groups -OCH3 is 1. The van der Waals surface area contributed by atoms with Crippen LogP contribution in [0.1, 0.15) is 46.5 Å². The van der Waals surface area contributed by atoms with Crippen molar-refractivity contribution in [2.24, 2.45) is 5.92 Å². The molecular weight excluding hydrogens is 398 g/mol. The number of aromatic amines is 1. The zero-order valence-corrected chi connectivity index (χ0v) is 17.7. The van der Waals surface area contributed by atoms with Gasteiger partial charge in [-0.1, -0.05) is 37.6 Å². The van der Waals surface area contributed by atoms with E-state index in [-0.39, 0.29) is 11.6 Å². The number of carbonyl (C=O) groups excluding carboxylic acids is 1. The molecule has 2 N–H and O–H groups in total. The molecule has 28 heavy (non-hydrogen) atoms. The van der Waals surface area contributed by atoms with Crippen LogP contribution >= 0.6 is 22.9 Å². The lowest BCUT2D eigenvalue weighted by Gasteiger charge is -2.23. The Morgan fingerprint density at radius 3 is 2.61 bits per heavy atom. The van der Waals surface area contributed by atoms with Gasteiger partial charge in [0.15, 0.2) is 0 Å². The highest BCUT2D eigenvalue weighted by Gasteiger charge is 2.20. The maximum atomic E-state index is 12.5. The van der Waals surface area contributed by atoms with Gasteiger partial charge in [0, 0.05) is 11.1 Å². The molecule has 1 unspecified atom stereocenters. The summed E-state index contributed by atoms with van der Waals surface area (Å²) in [5, 5.41) is 4.58. The number of ether oxygens (including phenoxy) is 1. The summed E-state index contributed by atoms with van der Waals surface area (Å²) in [4.78, 5) is 32.7. The van der Waals surface area contributed by atoms with Gasteiger partial charge in [0.2, 0.25) is 0 Å². The number of hydrogen-bond donors (Lipinski definition) is 2. The molecule has 0 aliphatic carbocycles. The van der Waals surface area contributed by atoms with E-state index in [1.165, 1.54) is 18.4 Å². The lowest BCUT2D eigenvalue weighted by Crippen LogP contribution is -2.27. The third kappa shape index (κ3) is 4.11. The van der Waals surface area contributed by atoms with Crippen molar-refractivity contribution in [1.82, 2.24) is 15.3 Å². The number of rotatable bonds is 6. The number of thiophene rings is 1. The predicted octanol–water partition coefficient (Wildman–Crippen LogP) is 4.22. The molecule has 0 radical (unpaired) electrons. The van der Waals surface area contributed by atoms with Crippen LogP contribution in [0.25, 0.3) is 10.2 Å². The highest BCUT2D eigenvalue weighted by molar-refractivity contribution is 7.20. The Morgan fingerprint density at radius 1 is 1.32 bits per heavy atom. The first-order valence-electron chi connectivity index (χ1n) is 8.91. The number of halogens is 1. The zero-order valence-electron chi connectivity index (χ0n) is 16.1.